The summed E-state index contributed by atoms with van der Waals surface area (Å²) in [6, 6.07) is 14.1. The average molecular weight is 448 g/mol. The Morgan fingerprint density at radius 2 is 2.06 bits per heavy atom. The second-order valence-corrected chi connectivity index (χ2v) is 8.90. The maximum Gasteiger partial charge on any atom is 0.275 e. The van der Waals surface area contributed by atoms with E-state index in [4.69, 9.17) is 0 Å². The molecular formula is C23H21N5O3S. The molecule has 0 radical (unpaired) electrons. The van der Waals surface area contributed by atoms with E-state index in [0.29, 0.717) is 40.8 Å². The fraction of sp³-hybridized carbons (Fsp3) is 0.261. The summed E-state index contributed by atoms with van der Waals surface area (Å²) in [5, 5.41) is 20.2. The van der Waals surface area contributed by atoms with E-state index < -0.39 is 11.0 Å². The number of allylic oxidation sites excluding steroid dienone is 2. The zero-order valence-corrected chi connectivity index (χ0v) is 18.3. The summed E-state index contributed by atoms with van der Waals surface area (Å²) >= 11 is 1.50. The van der Waals surface area contributed by atoms with Gasteiger partial charge < -0.3 is 5.32 Å². The number of nitro benzene ring substituents is 1. The molecule has 1 aliphatic carbocycles. The highest BCUT2D eigenvalue weighted by atomic mass is 32.2. The number of para-hydroxylation sites is 1. The molecule has 162 valence electrons. The molecule has 1 aromatic heterocycles. The molecule has 1 atom stereocenters. The van der Waals surface area contributed by atoms with E-state index in [1.54, 1.807) is 22.9 Å². The van der Waals surface area contributed by atoms with E-state index in [9.17, 15) is 14.9 Å². The van der Waals surface area contributed by atoms with Crippen LogP contribution in [0.4, 0.5) is 11.6 Å². The molecule has 2 aromatic carbocycles. The van der Waals surface area contributed by atoms with Crippen LogP contribution >= 0.6 is 11.8 Å². The number of nitro groups is 1. The predicted molar refractivity (Wildman–Crippen MR) is 122 cm³/mol. The molecule has 1 aliphatic heterocycles. The minimum Gasteiger partial charge on any atom is -0.328 e. The molecule has 0 saturated heterocycles. The minimum atomic E-state index is -0.670. The maximum absolute atomic E-state index is 12.9. The number of nitrogens with one attached hydrogen (secondary N) is 1. The van der Waals surface area contributed by atoms with Crippen LogP contribution in [0.3, 0.4) is 0 Å². The third-order valence-electron chi connectivity index (χ3n) is 5.73. The molecule has 0 bridgehead atoms. The lowest BCUT2D eigenvalue weighted by atomic mass is 9.85. The van der Waals surface area contributed by atoms with Gasteiger partial charge in [-0.2, -0.15) is 4.98 Å². The molecule has 0 saturated carbocycles. The van der Waals surface area contributed by atoms with Crippen LogP contribution in [0.1, 0.15) is 42.0 Å². The summed E-state index contributed by atoms with van der Waals surface area (Å²) in [6.07, 6.45) is 1.88. The largest absolute Gasteiger partial charge is 0.328 e. The average Bonchev–Trinajstić information content (AvgIpc) is 3.19. The van der Waals surface area contributed by atoms with Gasteiger partial charge in [0, 0.05) is 29.5 Å². The van der Waals surface area contributed by atoms with Crippen molar-refractivity contribution in [2.45, 2.75) is 43.1 Å². The normalized spacial score (nSPS) is 17.5. The first-order chi connectivity index (χ1) is 15.5. The summed E-state index contributed by atoms with van der Waals surface area (Å²) in [4.78, 5) is 28.9. The molecule has 0 fully saturated rings. The van der Waals surface area contributed by atoms with Crippen molar-refractivity contribution in [3.8, 4) is 0 Å². The lowest BCUT2D eigenvalue weighted by Gasteiger charge is -2.31. The molecule has 8 nitrogen and oxygen atoms in total. The van der Waals surface area contributed by atoms with E-state index in [0.717, 1.165) is 12.1 Å². The third-order valence-corrected chi connectivity index (χ3v) is 6.64. The Balaban J connectivity index is 1.56. The smallest absolute Gasteiger partial charge is 0.275 e. The van der Waals surface area contributed by atoms with Gasteiger partial charge >= 0.3 is 0 Å². The van der Waals surface area contributed by atoms with Crippen LogP contribution in [-0.2, 0) is 10.5 Å². The van der Waals surface area contributed by atoms with Crippen molar-refractivity contribution < 1.29 is 9.72 Å². The molecule has 0 spiro atoms. The van der Waals surface area contributed by atoms with Crippen molar-refractivity contribution in [3.05, 3.63) is 86.6 Å². The predicted octanol–water partition coefficient (Wildman–Crippen LogP) is 4.81. The van der Waals surface area contributed by atoms with Gasteiger partial charge in [-0.25, -0.2) is 4.68 Å². The first-order valence-corrected chi connectivity index (χ1v) is 11.4. The van der Waals surface area contributed by atoms with Crippen LogP contribution in [0.15, 0.2) is 65.0 Å². The molecule has 0 amide bonds. The zero-order valence-electron chi connectivity index (χ0n) is 17.4. The number of nitrogens with zero attached hydrogens (tertiary/aromatic N) is 4. The Bertz CT molecular complexity index is 1270. The van der Waals surface area contributed by atoms with E-state index in [2.05, 4.69) is 40.5 Å². The first-order valence-electron chi connectivity index (χ1n) is 10.4. The van der Waals surface area contributed by atoms with Gasteiger partial charge in [-0.15, -0.1) is 5.10 Å². The van der Waals surface area contributed by atoms with E-state index in [1.807, 2.05) is 6.07 Å². The lowest BCUT2D eigenvalue weighted by molar-refractivity contribution is -0.385. The summed E-state index contributed by atoms with van der Waals surface area (Å²) in [5.74, 6) is 1.21. The molecule has 0 unspecified atom stereocenters. The Kier molecular flexibility index (Phi) is 5.26. The number of hydrogen-bond acceptors (Lipinski definition) is 7. The van der Waals surface area contributed by atoms with Gasteiger partial charge in [-0.05, 0) is 31.4 Å². The number of carbonyl (C=O) groups is 1. The van der Waals surface area contributed by atoms with Gasteiger partial charge in [0.05, 0.1) is 10.5 Å². The van der Waals surface area contributed by atoms with Crippen molar-refractivity contribution >= 4 is 29.2 Å². The molecule has 5 rings (SSSR count). The second kappa shape index (κ2) is 8.23. The number of Topliss-reactive ketones (excluding diaryl/α,β-unsaturated/α-hetero) is 1. The molecular weight excluding hydrogens is 426 g/mol. The SMILES string of the molecule is Cc1cccc(CSc2nc3n(n2)[C@H](c2ccccc2[N+](=O)[O-])C2=C(CCCC2=O)N3)c1. The summed E-state index contributed by atoms with van der Waals surface area (Å²) < 4.78 is 1.63. The maximum atomic E-state index is 12.9. The van der Waals surface area contributed by atoms with Gasteiger partial charge in [0.2, 0.25) is 11.1 Å². The number of ketones is 1. The van der Waals surface area contributed by atoms with E-state index in [1.165, 1.54) is 29.0 Å². The highest BCUT2D eigenvalue weighted by Crippen LogP contribution is 2.43. The fourth-order valence-corrected chi connectivity index (χ4v) is 5.09. The third kappa shape index (κ3) is 3.69. The van der Waals surface area contributed by atoms with Gasteiger partial charge in [-0.1, -0.05) is 53.7 Å². The highest BCUT2D eigenvalue weighted by molar-refractivity contribution is 7.98. The number of anilines is 1. The van der Waals surface area contributed by atoms with Gasteiger partial charge in [0.1, 0.15) is 6.04 Å². The molecule has 2 aliphatic rings. The van der Waals surface area contributed by atoms with E-state index >= 15 is 0 Å². The van der Waals surface area contributed by atoms with Gasteiger partial charge in [0.25, 0.3) is 5.69 Å². The van der Waals surface area contributed by atoms with Gasteiger partial charge in [-0.3, -0.25) is 14.9 Å². The summed E-state index contributed by atoms with van der Waals surface area (Å²) in [6.45, 7) is 2.05. The second-order valence-electron chi connectivity index (χ2n) is 7.95. The van der Waals surface area contributed by atoms with Crippen LogP contribution in [-0.4, -0.2) is 25.5 Å². The Hall–Kier alpha value is -3.46. The molecule has 1 N–H and O–H groups in total. The zero-order chi connectivity index (χ0) is 22.2. The Morgan fingerprint density at radius 3 is 2.88 bits per heavy atom. The Morgan fingerprint density at radius 1 is 1.22 bits per heavy atom. The molecule has 2 heterocycles. The number of rotatable bonds is 5. The molecule has 3 aromatic rings. The minimum absolute atomic E-state index is 0.00276. The molecule has 32 heavy (non-hydrogen) atoms. The monoisotopic (exact) mass is 447 g/mol. The number of benzene rings is 2. The number of hydrogen-bond donors (Lipinski definition) is 1. The van der Waals surface area contributed by atoms with Gasteiger partial charge in [0.15, 0.2) is 5.78 Å². The number of aryl methyl sites for hydroxylation is 1. The van der Waals surface area contributed by atoms with Crippen molar-refractivity contribution in [1.82, 2.24) is 14.8 Å². The first kappa shape index (κ1) is 20.4. The van der Waals surface area contributed by atoms with Crippen LogP contribution in [0, 0.1) is 17.0 Å². The van der Waals surface area contributed by atoms with Crippen molar-refractivity contribution in [1.29, 1.82) is 0 Å². The standard InChI is InChI=1S/C23H21N5O3S/c1-14-6-4-7-15(12-14)13-32-23-25-22-24-17-9-5-11-19(29)20(17)21(27(22)26-23)16-8-2-3-10-18(16)28(30)31/h2-4,6-8,10,12,21H,5,9,11,13H2,1H3,(H,24,25,26)/t21-/m1/s1. The van der Waals surface area contributed by atoms with Crippen molar-refractivity contribution in [2.24, 2.45) is 0 Å². The van der Waals surface area contributed by atoms with Crippen molar-refractivity contribution in [2.75, 3.05) is 5.32 Å². The summed E-state index contributed by atoms with van der Waals surface area (Å²) in [7, 11) is 0. The Labute approximate surface area is 188 Å². The van der Waals surface area contributed by atoms with Crippen LogP contribution < -0.4 is 5.32 Å². The quantitative estimate of drug-likeness (QED) is 0.340. The number of carbonyl (C=O) groups excluding carboxylic acids is 1. The number of fused-ring (bicyclic) bond motifs is 1. The summed E-state index contributed by atoms with van der Waals surface area (Å²) in [5.41, 5.74) is 4.12. The van der Waals surface area contributed by atoms with E-state index in [-0.39, 0.29) is 11.5 Å². The lowest BCUT2D eigenvalue weighted by Crippen LogP contribution is -2.31. The van der Waals surface area contributed by atoms with Crippen molar-refractivity contribution in [3.63, 3.8) is 0 Å². The fourth-order valence-electron chi connectivity index (χ4n) is 4.32. The topological polar surface area (TPSA) is 103 Å². The molecule has 9 heteroatoms. The van der Waals surface area contributed by atoms with Crippen LogP contribution in [0.2, 0.25) is 0 Å². The number of thioether (sulfide) groups is 1. The highest BCUT2D eigenvalue weighted by Gasteiger charge is 2.39. The van der Waals surface area contributed by atoms with Crippen LogP contribution in [0.25, 0.3) is 0 Å². The van der Waals surface area contributed by atoms with Crippen LogP contribution in [0.5, 0.6) is 0 Å². The number of aromatic nitrogens is 3.